The van der Waals surface area contributed by atoms with Gasteiger partial charge in [-0.05, 0) is 64.3 Å². The summed E-state index contributed by atoms with van der Waals surface area (Å²) in [5.74, 6) is 0. The Hall–Kier alpha value is -1.92. The molecule has 140 valence electrons. The minimum Gasteiger partial charge on any atom is -0.444 e. The van der Waals surface area contributed by atoms with Crippen LogP contribution in [0, 0.1) is 0 Å². The molecule has 1 atom stereocenters. The molecule has 0 bridgehead atoms. The number of rotatable bonds is 2. The molecule has 1 aliphatic heterocycles. The molecule has 1 fully saturated rings. The van der Waals surface area contributed by atoms with Crippen molar-refractivity contribution in [3.63, 3.8) is 0 Å². The number of halogens is 3. The van der Waals surface area contributed by atoms with Gasteiger partial charge < -0.3 is 15.0 Å². The lowest BCUT2D eigenvalue weighted by Gasteiger charge is -2.26. The molecule has 1 aromatic rings. The van der Waals surface area contributed by atoms with Gasteiger partial charge in [-0.25, -0.2) is 4.79 Å². The van der Waals surface area contributed by atoms with Gasteiger partial charge in [-0.1, -0.05) is 0 Å². The Morgan fingerprint density at radius 2 is 1.76 bits per heavy atom. The maximum Gasteiger partial charge on any atom is 0.416 e. The number of nitrogens with zero attached hydrogens (tertiary/aromatic N) is 1. The van der Waals surface area contributed by atoms with Crippen LogP contribution in [0.1, 0.15) is 45.6 Å². The van der Waals surface area contributed by atoms with Crippen LogP contribution < -0.4 is 5.32 Å². The van der Waals surface area contributed by atoms with E-state index in [1.165, 1.54) is 12.1 Å². The third-order valence-corrected chi connectivity index (χ3v) is 3.96. The van der Waals surface area contributed by atoms with Crippen molar-refractivity contribution in [2.45, 2.75) is 57.9 Å². The van der Waals surface area contributed by atoms with Crippen LogP contribution in [0.4, 0.5) is 23.7 Å². The van der Waals surface area contributed by atoms with E-state index in [0.717, 1.165) is 31.4 Å². The van der Waals surface area contributed by atoms with Crippen molar-refractivity contribution >= 4 is 11.8 Å². The zero-order valence-electron chi connectivity index (χ0n) is 14.8. The van der Waals surface area contributed by atoms with Crippen LogP contribution in [-0.2, 0) is 10.9 Å². The van der Waals surface area contributed by atoms with Gasteiger partial charge in [0, 0.05) is 24.8 Å². The summed E-state index contributed by atoms with van der Waals surface area (Å²) in [6, 6.07) is 5.15. The molecular formula is C18H25F3N2O2. The molecule has 25 heavy (non-hydrogen) atoms. The molecule has 0 spiro atoms. The predicted octanol–water partition coefficient (Wildman–Crippen LogP) is 4.91. The Kier molecular flexibility index (Phi) is 5.85. The highest BCUT2D eigenvalue weighted by Gasteiger charge is 2.30. The Morgan fingerprint density at radius 1 is 1.12 bits per heavy atom. The van der Waals surface area contributed by atoms with Crippen molar-refractivity contribution in [2.75, 3.05) is 18.4 Å². The van der Waals surface area contributed by atoms with Crippen molar-refractivity contribution in [3.05, 3.63) is 29.8 Å². The van der Waals surface area contributed by atoms with Gasteiger partial charge >= 0.3 is 12.3 Å². The standard InChI is InChI=1S/C18H25F3N2O2/c1-17(2,3)25-16(24)23-11-4-5-14(10-12-23)22-15-8-6-13(7-9-15)18(19,20)21/h6-9,14,22H,4-5,10-12H2,1-3H3. The molecular weight excluding hydrogens is 333 g/mol. The largest absolute Gasteiger partial charge is 0.444 e. The number of carbonyl (C=O) groups is 1. The van der Waals surface area contributed by atoms with Crippen LogP contribution in [0.15, 0.2) is 24.3 Å². The van der Waals surface area contributed by atoms with Crippen LogP contribution in [0.3, 0.4) is 0 Å². The van der Waals surface area contributed by atoms with E-state index < -0.39 is 17.3 Å². The van der Waals surface area contributed by atoms with Gasteiger partial charge in [0.25, 0.3) is 0 Å². The summed E-state index contributed by atoms with van der Waals surface area (Å²) in [7, 11) is 0. The fourth-order valence-electron chi connectivity index (χ4n) is 2.74. The average Bonchev–Trinajstić information content (AvgIpc) is 2.71. The van der Waals surface area contributed by atoms with Crippen molar-refractivity contribution in [3.8, 4) is 0 Å². The van der Waals surface area contributed by atoms with Gasteiger partial charge in [-0.15, -0.1) is 0 Å². The van der Waals surface area contributed by atoms with Gasteiger partial charge in [-0.3, -0.25) is 0 Å². The molecule has 2 rings (SSSR count). The minimum atomic E-state index is -4.32. The van der Waals surface area contributed by atoms with Crippen molar-refractivity contribution in [2.24, 2.45) is 0 Å². The van der Waals surface area contributed by atoms with Crippen LogP contribution in [0.2, 0.25) is 0 Å². The number of amides is 1. The van der Waals surface area contributed by atoms with E-state index in [1.54, 1.807) is 4.90 Å². The first-order valence-corrected chi connectivity index (χ1v) is 8.46. The average molecular weight is 358 g/mol. The van der Waals surface area contributed by atoms with Crippen molar-refractivity contribution in [1.29, 1.82) is 0 Å². The van der Waals surface area contributed by atoms with Crippen LogP contribution >= 0.6 is 0 Å². The predicted molar refractivity (Wildman–Crippen MR) is 90.5 cm³/mol. The quantitative estimate of drug-likeness (QED) is 0.817. The molecule has 0 radical (unpaired) electrons. The molecule has 4 nitrogen and oxygen atoms in total. The molecule has 0 saturated carbocycles. The van der Waals surface area contributed by atoms with Crippen LogP contribution in [0.25, 0.3) is 0 Å². The second kappa shape index (κ2) is 7.54. The summed E-state index contributed by atoms with van der Waals surface area (Å²) < 4.78 is 43.2. The number of carbonyl (C=O) groups excluding carboxylic acids is 1. The first-order valence-electron chi connectivity index (χ1n) is 8.46. The third-order valence-electron chi connectivity index (χ3n) is 3.96. The van der Waals surface area contributed by atoms with E-state index in [1.807, 2.05) is 20.8 Å². The van der Waals surface area contributed by atoms with Gasteiger partial charge in [0.2, 0.25) is 0 Å². The second-order valence-corrected chi connectivity index (χ2v) is 7.31. The molecule has 1 N–H and O–H groups in total. The lowest BCUT2D eigenvalue weighted by molar-refractivity contribution is -0.137. The first-order chi connectivity index (χ1) is 11.5. The van der Waals surface area contributed by atoms with Gasteiger partial charge in [0.05, 0.1) is 5.56 Å². The number of nitrogens with one attached hydrogen (secondary N) is 1. The lowest BCUT2D eigenvalue weighted by Crippen LogP contribution is -2.37. The second-order valence-electron chi connectivity index (χ2n) is 7.31. The highest BCUT2D eigenvalue weighted by atomic mass is 19.4. The normalized spacial score (nSPS) is 19.3. The van der Waals surface area contributed by atoms with Gasteiger partial charge in [-0.2, -0.15) is 13.2 Å². The first kappa shape index (κ1) is 19.4. The smallest absolute Gasteiger partial charge is 0.416 e. The van der Waals surface area contributed by atoms with E-state index in [0.29, 0.717) is 18.8 Å². The number of likely N-dealkylation sites (tertiary alicyclic amines) is 1. The molecule has 7 heteroatoms. The molecule has 0 aliphatic carbocycles. The molecule has 1 unspecified atom stereocenters. The fourth-order valence-corrected chi connectivity index (χ4v) is 2.74. The molecule has 1 saturated heterocycles. The maximum absolute atomic E-state index is 12.6. The summed E-state index contributed by atoms with van der Waals surface area (Å²) in [6.07, 6.45) is -2.25. The Labute approximate surface area is 146 Å². The number of hydrogen-bond acceptors (Lipinski definition) is 3. The Bertz CT molecular complexity index is 579. The molecule has 1 aromatic carbocycles. The van der Waals surface area contributed by atoms with Crippen molar-refractivity contribution < 1.29 is 22.7 Å². The topological polar surface area (TPSA) is 41.6 Å². The summed E-state index contributed by atoms with van der Waals surface area (Å²) in [5.41, 5.74) is -0.528. The van der Waals surface area contributed by atoms with E-state index in [9.17, 15) is 18.0 Å². The highest BCUT2D eigenvalue weighted by molar-refractivity contribution is 5.68. The SMILES string of the molecule is CC(C)(C)OC(=O)N1CCCC(Nc2ccc(C(F)(F)F)cc2)CC1. The number of benzene rings is 1. The van der Waals surface area contributed by atoms with Crippen molar-refractivity contribution in [1.82, 2.24) is 4.90 Å². The lowest BCUT2D eigenvalue weighted by atomic mass is 10.1. The third kappa shape index (κ3) is 6.14. The van der Waals surface area contributed by atoms with Crippen LogP contribution in [-0.4, -0.2) is 35.7 Å². The van der Waals surface area contributed by atoms with Gasteiger partial charge in [0.1, 0.15) is 5.60 Å². The zero-order chi connectivity index (χ0) is 18.7. The zero-order valence-corrected chi connectivity index (χ0v) is 14.8. The summed E-state index contributed by atoms with van der Waals surface area (Å²) in [6.45, 7) is 6.68. The van der Waals surface area contributed by atoms with Gasteiger partial charge in [0.15, 0.2) is 0 Å². The maximum atomic E-state index is 12.6. The minimum absolute atomic E-state index is 0.115. The number of hydrogen-bond donors (Lipinski definition) is 1. The summed E-state index contributed by atoms with van der Waals surface area (Å²) >= 11 is 0. The monoisotopic (exact) mass is 358 g/mol. The van der Waals surface area contributed by atoms with E-state index in [4.69, 9.17) is 4.74 Å². The number of alkyl halides is 3. The van der Waals surface area contributed by atoms with E-state index in [-0.39, 0.29) is 12.1 Å². The van der Waals surface area contributed by atoms with E-state index >= 15 is 0 Å². The number of anilines is 1. The molecule has 0 aromatic heterocycles. The Balaban J connectivity index is 1.90. The van der Waals surface area contributed by atoms with E-state index in [2.05, 4.69) is 5.32 Å². The fraction of sp³-hybridized carbons (Fsp3) is 0.611. The highest BCUT2D eigenvalue weighted by Crippen LogP contribution is 2.30. The molecule has 1 amide bonds. The summed E-state index contributed by atoms with van der Waals surface area (Å²) in [5, 5.41) is 3.26. The number of ether oxygens (including phenoxy) is 1. The molecule has 1 aliphatic rings. The Morgan fingerprint density at radius 3 is 2.32 bits per heavy atom. The summed E-state index contributed by atoms with van der Waals surface area (Å²) in [4.78, 5) is 13.8. The molecule has 1 heterocycles. The van der Waals surface area contributed by atoms with Crippen LogP contribution in [0.5, 0.6) is 0 Å².